The second-order valence-corrected chi connectivity index (χ2v) is 5.29. The molecule has 0 aliphatic carbocycles. The Morgan fingerprint density at radius 3 is 2.47 bits per heavy atom. The summed E-state index contributed by atoms with van der Waals surface area (Å²) in [6.45, 7) is 7.24. The molecular formula is C13H19FN4O. The number of rotatable bonds is 1. The zero-order valence-electron chi connectivity index (χ0n) is 11.5. The number of carbonyl (C=O) groups excluding carboxylic acids is 1. The lowest BCUT2D eigenvalue weighted by Gasteiger charge is -2.21. The first-order chi connectivity index (χ1) is 8.67. The average Bonchev–Trinajstić information content (AvgIpc) is 2.19. The number of benzene rings is 1. The van der Waals surface area contributed by atoms with Gasteiger partial charge in [0, 0.05) is 11.2 Å². The lowest BCUT2D eigenvalue weighted by molar-refractivity contribution is 0.236. The van der Waals surface area contributed by atoms with Crippen molar-refractivity contribution < 1.29 is 9.18 Å². The van der Waals surface area contributed by atoms with E-state index in [2.05, 4.69) is 16.0 Å². The van der Waals surface area contributed by atoms with Crippen LogP contribution >= 0.6 is 0 Å². The van der Waals surface area contributed by atoms with E-state index in [0.717, 1.165) is 0 Å². The Morgan fingerprint density at radius 2 is 1.95 bits per heavy atom. The van der Waals surface area contributed by atoms with Crippen LogP contribution in [0.25, 0.3) is 0 Å². The van der Waals surface area contributed by atoms with Crippen molar-refractivity contribution in [1.29, 1.82) is 5.41 Å². The van der Waals surface area contributed by atoms with E-state index in [9.17, 15) is 9.18 Å². The van der Waals surface area contributed by atoms with Gasteiger partial charge in [-0.2, -0.15) is 0 Å². The van der Waals surface area contributed by atoms with Crippen LogP contribution in [0.15, 0.2) is 18.2 Å². The van der Waals surface area contributed by atoms with Crippen molar-refractivity contribution in [2.45, 2.75) is 33.2 Å². The van der Waals surface area contributed by atoms with Crippen molar-refractivity contribution in [2.24, 2.45) is 0 Å². The van der Waals surface area contributed by atoms with Gasteiger partial charge in [0.1, 0.15) is 5.82 Å². The van der Waals surface area contributed by atoms with E-state index in [1.54, 1.807) is 6.92 Å². The van der Waals surface area contributed by atoms with Gasteiger partial charge in [-0.3, -0.25) is 10.7 Å². The molecule has 0 spiro atoms. The molecular weight excluding hydrogens is 247 g/mol. The van der Waals surface area contributed by atoms with Crippen LogP contribution in [0.5, 0.6) is 0 Å². The topological polar surface area (TPSA) is 77.0 Å². The Kier molecular flexibility index (Phi) is 4.47. The zero-order valence-corrected chi connectivity index (χ0v) is 11.5. The fourth-order valence-electron chi connectivity index (χ4n) is 1.42. The van der Waals surface area contributed by atoms with Crippen LogP contribution in [0.3, 0.4) is 0 Å². The molecule has 0 radical (unpaired) electrons. The second-order valence-electron chi connectivity index (χ2n) is 5.29. The Labute approximate surface area is 112 Å². The lowest BCUT2D eigenvalue weighted by atomic mass is 10.1. The molecule has 1 rings (SSSR count). The quantitative estimate of drug-likeness (QED) is 0.466. The predicted molar refractivity (Wildman–Crippen MR) is 73.9 cm³/mol. The number of hydrogen-bond donors (Lipinski definition) is 4. The standard InChI is InChI=1S/C13H19FN4O/c1-8-7-9(14)5-6-10(8)16-11(15)17-12(19)18-13(2,3)4/h5-7H,1-4H3,(H4,15,16,17,18,19). The van der Waals surface area contributed by atoms with E-state index in [1.165, 1.54) is 18.2 Å². The third kappa shape index (κ3) is 5.37. The summed E-state index contributed by atoms with van der Waals surface area (Å²) in [6, 6.07) is 3.69. The van der Waals surface area contributed by atoms with Crippen LogP contribution in [-0.2, 0) is 0 Å². The number of carbonyl (C=O) groups is 1. The van der Waals surface area contributed by atoms with Crippen LogP contribution < -0.4 is 16.0 Å². The first kappa shape index (κ1) is 14.9. The summed E-state index contributed by atoms with van der Waals surface area (Å²) in [5, 5.41) is 15.4. The molecule has 19 heavy (non-hydrogen) atoms. The molecule has 0 fully saturated rings. The van der Waals surface area contributed by atoms with Gasteiger partial charge in [-0.15, -0.1) is 0 Å². The summed E-state index contributed by atoms with van der Waals surface area (Å²) in [5.74, 6) is -0.510. The molecule has 2 amide bonds. The molecule has 0 saturated heterocycles. The molecule has 0 unspecified atom stereocenters. The number of guanidine groups is 1. The van der Waals surface area contributed by atoms with Gasteiger partial charge in [-0.25, -0.2) is 9.18 Å². The largest absolute Gasteiger partial charge is 0.333 e. The van der Waals surface area contributed by atoms with Crippen LogP contribution in [-0.4, -0.2) is 17.5 Å². The third-order valence-electron chi connectivity index (χ3n) is 2.18. The van der Waals surface area contributed by atoms with Gasteiger partial charge < -0.3 is 10.6 Å². The highest BCUT2D eigenvalue weighted by Gasteiger charge is 2.14. The summed E-state index contributed by atoms with van der Waals surface area (Å²) < 4.78 is 12.9. The van der Waals surface area contributed by atoms with Crippen LogP contribution in [0.1, 0.15) is 26.3 Å². The van der Waals surface area contributed by atoms with Crippen LogP contribution in [0.2, 0.25) is 0 Å². The highest BCUT2D eigenvalue weighted by Crippen LogP contribution is 2.15. The van der Waals surface area contributed by atoms with E-state index in [4.69, 9.17) is 5.41 Å². The van der Waals surface area contributed by atoms with E-state index in [0.29, 0.717) is 11.3 Å². The van der Waals surface area contributed by atoms with Gasteiger partial charge in [0.05, 0.1) is 0 Å². The number of aryl methyl sites for hydroxylation is 1. The van der Waals surface area contributed by atoms with Gasteiger partial charge in [0.2, 0.25) is 5.96 Å². The van der Waals surface area contributed by atoms with Gasteiger partial charge in [0.15, 0.2) is 0 Å². The SMILES string of the molecule is Cc1cc(F)ccc1NC(=N)NC(=O)NC(C)(C)C. The lowest BCUT2D eigenvalue weighted by Crippen LogP contribution is -2.49. The van der Waals surface area contributed by atoms with Crippen molar-refractivity contribution in [3.63, 3.8) is 0 Å². The van der Waals surface area contributed by atoms with Crippen LogP contribution in [0.4, 0.5) is 14.9 Å². The minimum absolute atomic E-state index is 0.170. The third-order valence-corrected chi connectivity index (χ3v) is 2.18. The minimum Gasteiger partial charge on any atom is -0.333 e. The number of anilines is 1. The van der Waals surface area contributed by atoms with E-state index < -0.39 is 6.03 Å². The molecule has 0 aliphatic heterocycles. The molecule has 5 nitrogen and oxygen atoms in total. The zero-order chi connectivity index (χ0) is 14.6. The first-order valence-electron chi connectivity index (χ1n) is 5.88. The van der Waals surface area contributed by atoms with Crippen LogP contribution in [0, 0.1) is 18.2 Å². The van der Waals surface area contributed by atoms with E-state index in [-0.39, 0.29) is 17.3 Å². The number of hydrogen-bond acceptors (Lipinski definition) is 2. The van der Waals surface area contributed by atoms with E-state index >= 15 is 0 Å². The molecule has 104 valence electrons. The molecule has 0 atom stereocenters. The minimum atomic E-state index is -0.468. The van der Waals surface area contributed by atoms with Crippen molar-refractivity contribution in [1.82, 2.24) is 10.6 Å². The highest BCUT2D eigenvalue weighted by atomic mass is 19.1. The summed E-state index contributed by atoms with van der Waals surface area (Å²) in [6.07, 6.45) is 0. The van der Waals surface area contributed by atoms with Crippen molar-refractivity contribution in [2.75, 3.05) is 5.32 Å². The molecule has 6 heteroatoms. The molecule has 0 aromatic heterocycles. The summed E-state index contributed by atoms with van der Waals surface area (Å²) in [7, 11) is 0. The Bertz CT molecular complexity index is 494. The summed E-state index contributed by atoms with van der Waals surface area (Å²) >= 11 is 0. The molecule has 0 heterocycles. The monoisotopic (exact) mass is 266 g/mol. The molecule has 1 aromatic carbocycles. The maximum atomic E-state index is 12.9. The smallest absolute Gasteiger partial charge is 0.321 e. The summed E-state index contributed by atoms with van der Waals surface area (Å²) in [5.41, 5.74) is 0.848. The highest BCUT2D eigenvalue weighted by molar-refractivity contribution is 6.02. The number of nitrogens with one attached hydrogen (secondary N) is 4. The maximum absolute atomic E-state index is 12.9. The molecule has 0 saturated carbocycles. The van der Waals surface area contributed by atoms with Crippen molar-refractivity contribution >= 4 is 17.7 Å². The van der Waals surface area contributed by atoms with Crippen molar-refractivity contribution in [3.05, 3.63) is 29.6 Å². The van der Waals surface area contributed by atoms with Gasteiger partial charge in [0.25, 0.3) is 0 Å². The number of halogens is 1. The Balaban J connectivity index is 2.58. The fourth-order valence-corrected chi connectivity index (χ4v) is 1.42. The van der Waals surface area contributed by atoms with Crippen molar-refractivity contribution in [3.8, 4) is 0 Å². The maximum Gasteiger partial charge on any atom is 0.321 e. The average molecular weight is 266 g/mol. The second kappa shape index (κ2) is 5.69. The van der Waals surface area contributed by atoms with Gasteiger partial charge >= 0.3 is 6.03 Å². The van der Waals surface area contributed by atoms with Gasteiger partial charge in [-0.1, -0.05) is 0 Å². The molecule has 0 bridgehead atoms. The predicted octanol–water partition coefficient (Wildman–Crippen LogP) is 2.58. The van der Waals surface area contributed by atoms with Gasteiger partial charge in [-0.05, 0) is 51.5 Å². The van der Waals surface area contributed by atoms with E-state index in [1.807, 2.05) is 20.8 Å². The summed E-state index contributed by atoms with van der Waals surface area (Å²) in [4.78, 5) is 11.5. The number of amides is 2. The Morgan fingerprint density at radius 1 is 1.32 bits per heavy atom. The fraction of sp³-hybridized carbons (Fsp3) is 0.385. The normalized spacial score (nSPS) is 10.8. The molecule has 1 aromatic rings. The molecule has 0 aliphatic rings. The Hall–Kier alpha value is -2.11. The number of urea groups is 1. The first-order valence-corrected chi connectivity index (χ1v) is 5.88. The molecule has 4 N–H and O–H groups in total.